The Hall–Kier alpha value is -1.42. The fraction of sp³-hybridized carbons (Fsp3) is 0.600. The number of nitrogens with zero attached hydrogens (tertiary/aromatic N) is 1. The predicted molar refractivity (Wildman–Crippen MR) is 76.6 cm³/mol. The smallest absolute Gasteiger partial charge is 0.224 e. The van der Waals surface area contributed by atoms with E-state index in [1.165, 1.54) is 0 Å². The highest BCUT2D eigenvalue weighted by molar-refractivity contribution is 5.90. The molecule has 4 nitrogen and oxygen atoms in total. The number of nitrogens with one attached hydrogen (secondary N) is 1. The number of hydrogen-bond donors (Lipinski definition) is 2. The fourth-order valence-electron chi connectivity index (χ4n) is 2.83. The SMILES string of the molecule is C[C@@H](N)C1CCC(CC(=O)Nc2ccncc2)CC1. The van der Waals surface area contributed by atoms with Gasteiger partial charge in [0.1, 0.15) is 0 Å². The van der Waals surface area contributed by atoms with Gasteiger partial charge >= 0.3 is 0 Å². The van der Waals surface area contributed by atoms with E-state index < -0.39 is 0 Å². The second kappa shape index (κ2) is 6.66. The Kier molecular flexibility index (Phi) is 4.91. The molecule has 1 aliphatic rings. The lowest BCUT2D eigenvalue weighted by atomic mass is 9.78. The summed E-state index contributed by atoms with van der Waals surface area (Å²) in [4.78, 5) is 15.9. The van der Waals surface area contributed by atoms with Crippen LogP contribution in [0.4, 0.5) is 5.69 Å². The third kappa shape index (κ3) is 4.31. The van der Waals surface area contributed by atoms with Crippen molar-refractivity contribution in [1.29, 1.82) is 0 Å². The van der Waals surface area contributed by atoms with Crippen LogP contribution in [0.5, 0.6) is 0 Å². The number of amides is 1. The van der Waals surface area contributed by atoms with Crippen molar-refractivity contribution in [3.63, 3.8) is 0 Å². The Bertz CT molecular complexity index is 397. The zero-order chi connectivity index (χ0) is 13.7. The third-order valence-corrected chi connectivity index (χ3v) is 4.07. The number of rotatable bonds is 4. The van der Waals surface area contributed by atoms with Crippen molar-refractivity contribution >= 4 is 11.6 Å². The van der Waals surface area contributed by atoms with Crippen LogP contribution in [0, 0.1) is 11.8 Å². The number of carbonyl (C=O) groups excluding carboxylic acids is 1. The summed E-state index contributed by atoms with van der Waals surface area (Å²) in [6, 6.07) is 3.90. The first-order chi connectivity index (χ1) is 9.15. The molecule has 1 aliphatic carbocycles. The average Bonchev–Trinajstić information content (AvgIpc) is 2.40. The van der Waals surface area contributed by atoms with E-state index >= 15 is 0 Å². The van der Waals surface area contributed by atoms with Gasteiger partial charge in [0.25, 0.3) is 0 Å². The summed E-state index contributed by atoms with van der Waals surface area (Å²) in [5.74, 6) is 1.26. The fourth-order valence-corrected chi connectivity index (χ4v) is 2.83. The largest absolute Gasteiger partial charge is 0.328 e. The van der Waals surface area contributed by atoms with Crippen LogP contribution in [0.25, 0.3) is 0 Å². The molecule has 1 heterocycles. The first-order valence-corrected chi connectivity index (χ1v) is 7.10. The second-order valence-electron chi connectivity index (χ2n) is 5.63. The molecule has 1 fully saturated rings. The predicted octanol–water partition coefficient (Wildman–Crippen LogP) is 2.56. The van der Waals surface area contributed by atoms with Crippen LogP contribution >= 0.6 is 0 Å². The van der Waals surface area contributed by atoms with Crippen LogP contribution in [-0.2, 0) is 4.79 Å². The molecular formula is C15H23N3O. The lowest BCUT2D eigenvalue weighted by Gasteiger charge is -2.30. The van der Waals surface area contributed by atoms with Crippen molar-refractivity contribution in [2.45, 2.75) is 45.1 Å². The molecule has 1 aromatic heterocycles. The molecule has 1 atom stereocenters. The molecule has 0 bridgehead atoms. The van der Waals surface area contributed by atoms with Gasteiger partial charge in [0.15, 0.2) is 0 Å². The minimum absolute atomic E-state index is 0.107. The molecular weight excluding hydrogens is 238 g/mol. The molecule has 0 saturated heterocycles. The van der Waals surface area contributed by atoms with Crippen molar-refractivity contribution in [1.82, 2.24) is 4.98 Å². The minimum Gasteiger partial charge on any atom is -0.328 e. The maximum absolute atomic E-state index is 11.9. The van der Waals surface area contributed by atoms with Gasteiger partial charge in [-0.2, -0.15) is 0 Å². The molecule has 104 valence electrons. The van der Waals surface area contributed by atoms with E-state index in [0.29, 0.717) is 18.3 Å². The first kappa shape index (κ1) is 14.0. The molecule has 0 aliphatic heterocycles. The van der Waals surface area contributed by atoms with E-state index in [9.17, 15) is 4.79 Å². The average molecular weight is 261 g/mol. The molecule has 0 unspecified atom stereocenters. The summed E-state index contributed by atoms with van der Waals surface area (Å²) >= 11 is 0. The third-order valence-electron chi connectivity index (χ3n) is 4.07. The van der Waals surface area contributed by atoms with Gasteiger partial charge in [0.05, 0.1) is 0 Å². The molecule has 19 heavy (non-hydrogen) atoms. The highest BCUT2D eigenvalue weighted by Gasteiger charge is 2.24. The molecule has 4 heteroatoms. The molecule has 1 amide bonds. The highest BCUT2D eigenvalue weighted by Crippen LogP contribution is 2.32. The Labute approximate surface area is 114 Å². The van der Waals surface area contributed by atoms with Crippen LogP contribution < -0.4 is 11.1 Å². The van der Waals surface area contributed by atoms with Gasteiger partial charge in [-0.25, -0.2) is 0 Å². The van der Waals surface area contributed by atoms with Crippen LogP contribution in [0.2, 0.25) is 0 Å². The Morgan fingerprint density at radius 3 is 2.58 bits per heavy atom. The molecule has 1 aromatic rings. The summed E-state index contributed by atoms with van der Waals surface area (Å²) in [6.45, 7) is 2.08. The Balaban J connectivity index is 1.75. The number of aromatic nitrogens is 1. The van der Waals surface area contributed by atoms with Crippen molar-refractivity contribution in [3.05, 3.63) is 24.5 Å². The molecule has 0 aromatic carbocycles. The summed E-state index contributed by atoms with van der Waals surface area (Å²) in [7, 11) is 0. The maximum atomic E-state index is 11.9. The number of carbonyl (C=O) groups is 1. The van der Waals surface area contributed by atoms with Crippen molar-refractivity contribution in [2.24, 2.45) is 17.6 Å². The van der Waals surface area contributed by atoms with Crippen molar-refractivity contribution in [3.8, 4) is 0 Å². The summed E-state index contributed by atoms with van der Waals surface area (Å²) < 4.78 is 0. The minimum atomic E-state index is 0.107. The maximum Gasteiger partial charge on any atom is 0.224 e. The Morgan fingerprint density at radius 2 is 2.00 bits per heavy atom. The number of pyridine rings is 1. The monoisotopic (exact) mass is 261 g/mol. The topological polar surface area (TPSA) is 68.0 Å². The van der Waals surface area contributed by atoms with Crippen LogP contribution in [0.15, 0.2) is 24.5 Å². The van der Waals surface area contributed by atoms with Crippen LogP contribution in [0.1, 0.15) is 39.0 Å². The zero-order valence-electron chi connectivity index (χ0n) is 11.5. The quantitative estimate of drug-likeness (QED) is 0.875. The van der Waals surface area contributed by atoms with E-state index in [-0.39, 0.29) is 11.9 Å². The van der Waals surface area contributed by atoms with Crippen LogP contribution in [0.3, 0.4) is 0 Å². The van der Waals surface area contributed by atoms with E-state index in [0.717, 1.165) is 31.4 Å². The molecule has 0 spiro atoms. The lowest BCUT2D eigenvalue weighted by Crippen LogP contribution is -2.31. The van der Waals surface area contributed by atoms with Gasteiger partial charge in [0.2, 0.25) is 5.91 Å². The molecule has 0 radical (unpaired) electrons. The molecule has 2 rings (SSSR count). The standard InChI is InChI=1S/C15H23N3O/c1-11(16)13-4-2-12(3-5-13)10-15(19)18-14-6-8-17-9-7-14/h6-9,11-13H,2-5,10,16H2,1H3,(H,17,18,19)/t11-,12?,13?/m1/s1. The van der Waals surface area contributed by atoms with Crippen molar-refractivity contribution in [2.75, 3.05) is 5.32 Å². The second-order valence-corrected chi connectivity index (χ2v) is 5.63. The van der Waals surface area contributed by atoms with Gasteiger partial charge in [-0.3, -0.25) is 9.78 Å². The number of nitrogens with two attached hydrogens (primary N) is 1. The number of anilines is 1. The molecule has 3 N–H and O–H groups in total. The van der Waals surface area contributed by atoms with Gasteiger partial charge in [-0.15, -0.1) is 0 Å². The van der Waals surface area contributed by atoms with E-state index in [1.54, 1.807) is 12.4 Å². The van der Waals surface area contributed by atoms with Gasteiger partial charge in [-0.1, -0.05) is 0 Å². The summed E-state index contributed by atoms with van der Waals surface area (Å²) in [5.41, 5.74) is 6.75. The number of hydrogen-bond acceptors (Lipinski definition) is 3. The van der Waals surface area contributed by atoms with Gasteiger partial charge in [0, 0.05) is 30.5 Å². The van der Waals surface area contributed by atoms with Crippen LogP contribution in [-0.4, -0.2) is 16.9 Å². The van der Waals surface area contributed by atoms with E-state index in [1.807, 2.05) is 12.1 Å². The highest BCUT2D eigenvalue weighted by atomic mass is 16.1. The van der Waals surface area contributed by atoms with E-state index in [2.05, 4.69) is 17.2 Å². The normalized spacial score (nSPS) is 24.7. The van der Waals surface area contributed by atoms with Crippen molar-refractivity contribution < 1.29 is 4.79 Å². The summed E-state index contributed by atoms with van der Waals surface area (Å²) in [6.07, 6.45) is 8.54. The Morgan fingerprint density at radius 1 is 1.37 bits per heavy atom. The van der Waals surface area contributed by atoms with Gasteiger partial charge in [-0.05, 0) is 56.6 Å². The zero-order valence-corrected chi connectivity index (χ0v) is 11.5. The lowest BCUT2D eigenvalue weighted by molar-refractivity contribution is -0.117. The summed E-state index contributed by atoms with van der Waals surface area (Å²) in [5, 5.41) is 2.92. The first-order valence-electron chi connectivity index (χ1n) is 7.10. The molecule has 1 saturated carbocycles. The van der Waals surface area contributed by atoms with E-state index in [4.69, 9.17) is 5.73 Å². The van der Waals surface area contributed by atoms with Gasteiger partial charge < -0.3 is 11.1 Å².